The van der Waals surface area contributed by atoms with E-state index >= 15 is 0 Å². The third-order valence-electron chi connectivity index (χ3n) is 4.34. The van der Waals surface area contributed by atoms with Crippen molar-refractivity contribution in [2.75, 3.05) is 7.11 Å². The molecule has 0 aromatic heterocycles. The lowest BCUT2D eigenvalue weighted by atomic mass is 10.0. The first kappa shape index (κ1) is 21.0. The SMILES string of the molecule is COc1cc(/C=C(/C#N)c2ccc(C)cc2)cc(Cl)c1OCc1ccc(Br)cc1. The van der Waals surface area contributed by atoms with E-state index in [1.54, 1.807) is 19.3 Å². The molecule has 0 saturated heterocycles. The van der Waals surface area contributed by atoms with Crippen molar-refractivity contribution in [2.24, 2.45) is 0 Å². The van der Waals surface area contributed by atoms with E-state index in [1.165, 1.54) is 0 Å². The summed E-state index contributed by atoms with van der Waals surface area (Å²) in [5.41, 5.74) is 4.32. The van der Waals surface area contributed by atoms with Gasteiger partial charge in [-0.05, 0) is 54.0 Å². The number of allylic oxidation sites excluding steroid dienone is 1. The molecule has 146 valence electrons. The third kappa shape index (κ3) is 5.41. The van der Waals surface area contributed by atoms with Crippen molar-refractivity contribution in [1.82, 2.24) is 0 Å². The Labute approximate surface area is 184 Å². The molecule has 0 N–H and O–H groups in total. The highest BCUT2D eigenvalue weighted by Gasteiger charge is 2.13. The number of hydrogen-bond donors (Lipinski definition) is 0. The predicted octanol–water partition coefficient (Wildman–Crippen LogP) is 7.06. The zero-order valence-electron chi connectivity index (χ0n) is 16.1. The van der Waals surface area contributed by atoms with Crippen LogP contribution in [-0.2, 0) is 6.61 Å². The van der Waals surface area contributed by atoms with Crippen molar-refractivity contribution in [3.8, 4) is 17.6 Å². The fourth-order valence-corrected chi connectivity index (χ4v) is 3.32. The van der Waals surface area contributed by atoms with Crippen molar-refractivity contribution < 1.29 is 9.47 Å². The van der Waals surface area contributed by atoms with E-state index in [0.717, 1.165) is 26.7 Å². The molecule has 0 aliphatic carbocycles. The summed E-state index contributed by atoms with van der Waals surface area (Å²) in [4.78, 5) is 0. The van der Waals surface area contributed by atoms with Gasteiger partial charge in [0.25, 0.3) is 0 Å². The topological polar surface area (TPSA) is 42.2 Å². The molecule has 0 atom stereocenters. The predicted molar refractivity (Wildman–Crippen MR) is 121 cm³/mol. The fraction of sp³-hybridized carbons (Fsp3) is 0.125. The molecule has 0 spiro atoms. The Kier molecular flexibility index (Phi) is 6.98. The number of halogens is 2. The van der Waals surface area contributed by atoms with Gasteiger partial charge in [-0.1, -0.05) is 69.5 Å². The van der Waals surface area contributed by atoms with Crippen LogP contribution in [0.2, 0.25) is 5.02 Å². The summed E-state index contributed by atoms with van der Waals surface area (Å²) in [7, 11) is 1.57. The third-order valence-corrected chi connectivity index (χ3v) is 5.15. The second-order valence-corrected chi connectivity index (χ2v) is 7.81. The lowest BCUT2D eigenvalue weighted by molar-refractivity contribution is 0.284. The lowest BCUT2D eigenvalue weighted by Gasteiger charge is -2.14. The monoisotopic (exact) mass is 467 g/mol. The Morgan fingerprint density at radius 1 is 1.10 bits per heavy atom. The molecular formula is C24H19BrClNO2. The van der Waals surface area contributed by atoms with Crippen LogP contribution in [0.4, 0.5) is 0 Å². The molecule has 0 unspecified atom stereocenters. The number of ether oxygens (including phenoxy) is 2. The van der Waals surface area contributed by atoms with Gasteiger partial charge in [0.15, 0.2) is 11.5 Å². The van der Waals surface area contributed by atoms with E-state index < -0.39 is 0 Å². The smallest absolute Gasteiger partial charge is 0.180 e. The summed E-state index contributed by atoms with van der Waals surface area (Å²) in [6.45, 7) is 2.38. The number of aryl methyl sites for hydroxylation is 1. The van der Waals surface area contributed by atoms with Gasteiger partial charge in [0.1, 0.15) is 6.61 Å². The molecule has 0 fully saturated rings. The van der Waals surface area contributed by atoms with Crippen molar-refractivity contribution >= 4 is 39.2 Å². The molecule has 0 heterocycles. The van der Waals surface area contributed by atoms with Crippen LogP contribution in [0.5, 0.6) is 11.5 Å². The molecule has 0 amide bonds. The molecule has 0 aliphatic rings. The molecular weight excluding hydrogens is 450 g/mol. The summed E-state index contributed by atoms with van der Waals surface area (Å²) >= 11 is 9.89. The highest BCUT2D eigenvalue weighted by atomic mass is 79.9. The standard InChI is InChI=1S/C24H19BrClNO2/c1-16-3-7-19(8-4-16)20(14-27)11-18-12-22(26)24(23(13-18)28-2)29-15-17-5-9-21(25)10-6-17/h3-13H,15H2,1-2H3/b20-11-. The first-order chi connectivity index (χ1) is 14.0. The summed E-state index contributed by atoms with van der Waals surface area (Å²) < 4.78 is 12.4. The number of hydrogen-bond acceptors (Lipinski definition) is 3. The first-order valence-electron chi connectivity index (χ1n) is 8.94. The van der Waals surface area contributed by atoms with Crippen LogP contribution >= 0.6 is 27.5 Å². The molecule has 3 rings (SSSR count). The normalized spacial score (nSPS) is 11.1. The number of benzene rings is 3. The van der Waals surface area contributed by atoms with Crippen LogP contribution in [0.25, 0.3) is 11.6 Å². The van der Waals surface area contributed by atoms with Gasteiger partial charge < -0.3 is 9.47 Å². The van der Waals surface area contributed by atoms with Crippen LogP contribution in [0.1, 0.15) is 22.3 Å². The first-order valence-corrected chi connectivity index (χ1v) is 10.1. The highest BCUT2D eigenvalue weighted by molar-refractivity contribution is 9.10. The molecule has 3 aromatic carbocycles. The Bertz CT molecular complexity index is 1070. The molecule has 0 saturated carbocycles. The zero-order valence-corrected chi connectivity index (χ0v) is 18.4. The molecule has 29 heavy (non-hydrogen) atoms. The maximum atomic E-state index is 9.58. The maximum absolute atomic E-state index is 9.58. The molecule has 3 nitrogen and oxygen atoms in total. The van der Waals surface area contributed by atoms with Crippen molar-refractivity contribution in [1.29, 1.82) is 5.26 Å². The largest absolute Gasteiger partial charge is 0.493 e. The second kappa shape index (κ2) is 9.65. The highest BCUT2D eigenvalue weighted by Crippen LogP contribution is 2.38. The zero-order chi connectivity index (χ0) is 20.8. The number of nitrogens with zero attached hydrogens (tertiary/aromatic N) is 1. The second-order valence-electron chi connectivity index (χ2n) is 6.49. The van der Waals surface area contributed by atoms with Gasteiger partial charge in [-0.15, -0.1) is 0 Å². The van der Waals surface area contributed by atoms with Crippen molar-refractivity contribution in [3.63, 3.8) is 0 Å². The molecule has 0 bridgehead atoms. The van der Waals surface area contributed by atoms with E-state index in [-0.39, 0.29) is 0 Å². The van der Waals surface area contributed by atoms with E-state index in [1.807, 2.05) is 61.5 Å². The molecule has 0 radical (unpaired) electrons. The van der Waals surface area contributed by atoms with E-state index in [2.05, 4.69) is 22.0 Å². The van der Waals surface area contributed by atoms with Gasteiger partial charge in [-0.2, -0.15) is 5.26 Å². The summed E-state index contributed by atoms with van der Waals surface area (Å²) in [5.74, 6) is 0.991. The Balaban J connectivity index is 1.88. The van der Waals surface area contributed by atoms with Crippen LogP contribution in [0.15, 0.2) is 65.1 Å². The van der Waals surface area contributed by atoms with Crippen LogP contribution in [-0.4, -0.2) is 7.11 Å². The lowest BCUT2D eigenvalue weighted by Crippen LogP contribution is -1.99. The average molecular weight is 469 g/mol. The van der Waals surface area contributed by atoms with E-state index in [4.69, 9.17) is 21.1 Å². The number of rotatable bonds is 6. The minimum atomic E-state index is 0.366. The number of nitriles is 1. The van der Waals surface area contributed by atoms with Gasteiger partial charge >= 0.3 is 0 Å². The minimum absolute atomic E-state index is 0.366. The van der Waals surface area contributed by atoms with Gasteiger partial charge in [-0.25, -0.2) is 0 Å². The Hall–Kier alpha value is -2.74. The van der Waals surface area contributed by atoms with Gasteiger partial charge in [0, 0.05) is 4.47 Å². The van der Waals surface area contributed by atoms with Crippen LogP contribution in [0, 0.1) is 18.3 Å². The molecule has 0 aliphatic heterocycles. The number of methoxy groups -OCH3 is 1. The van der Waals surface area contributed by atoms with Crippen molar-refractivity contribution in [3.05, 3.63) is 92.4 Å². The van der Waals surface area contributed by atoms with E-state index in [9.17, 15) is 5.26 Å². The molecule has 3 aromatic rings. The van der Waals surface area contributed by atoms with E-state index in [0.29, 0.717) is 28.7 Å². The van der Waals surface area contributed by atoms with Gasteiger partial charge in [0.2, 0.25) is 0 Å². The average Bonchev–Trinajstić information content (AvgIpc) is 2.72. The Morgan fingerprint density at radius 2 is 1.79 bits per heavy atom. The summed E-state index contributed by atoms with van der Waals surface area (Å²) in [6, 6.07) is 21.5. The summed E-state index contributed by atoms with van der Waals surface area (Å²) in [5, 5.41) is 10.0. The fourth-order valence-electron chi connectivity index (χ4n) is 2.78. The van der Waals surface area contributed by atoms with Crippen molar-refractivity contribution in [2.45, 2.75) is 13.5 Å². The van der Waals surface area contributed by atoms with Gasteiger partial charge in [0.05, 0.1) is 23.8 Å². The minimum Gasteiger partial charge on any atom is -0.493 e. The Morgan fingerprint density at radius 3 is 2.41 bits per heavy atom. The quantitative estimate of drug-likeness (QED) is 0.287. The van der Waals surface area contributed by atoms with Gasteiger partial charge in [-0.3, -0.25) is 0 Å². The van der Waals surface area contributed by atoms with Crippen LogP contribution in [0.3, 0.4) is 0 Å². The summed E-state index contributed by atoms with van der Waals surface area (Å²) in [6.07, 6.45) is 1.79. The maximum Gasteiger partial charge on any atom is 0.180 e. The molecule has 5 heteroatoms. The van der Waals surface area contributed by atoms with Crippen LogP contribution < -0.4 is 9.47 Å².